The van der Waals surface area contributed by atoms with Crippen LogP contribution in [0.4, 0.5) is 29.3 Å². The van der Waals surface area contributed by atoms with E-state index in [1.165, 1.54) is 24.1 Å². The van der Waals surface area contributed by atoms with E-state index in [0.29, 0.717) is 17.0 Å². The fourth-order valence-corrected chi connectivity index (χ4v) is 4.57. The lowest BCUT2D eigenvalue weighted by Gasteiger charge is -2.33. The lowest BCUT2D eigenvalue weighted by atomic mass is 10.0. The van der Waals surface area contributed by atoms with E-state index in [-0.39, 0.29) is 43.6 Å². The molecule has 0 aromatic heterocycles. The minimum absolute atomic E-state index is 0.0184. The van der Waals surface area contributed by atoms with Crippen LogP contribution in [-0.2, 0) is 27.4 Å². The second-order valence-electron chi connectivity index (χ2n) is 9.91. The number of carbonyl (C=O) groups excluding carboxylic acids is 2. The average molecular weight is 587 g/mol. The first-order valence-electron chi connectivity index (χ1n) is 12.4. The summed E-state index contributed by atoms with van der Waals surface area (Å²) in [5, 5.41) is 14.8. The van der Waals surface area contributed by atoms with Gasteiger partial charge in [0, 0.05) is 36.4 Å². The van der Waals surface area contributed by atoms with Gasteiger partial charge in [0.25, 0.3) is 0 Å². The molecule has 14 heteroatoms. The minimum atomic E-state index is -4.50. The molecule has 2 aromatic rings. The highest BCUT2D eigenvalue weighted by Gasteiger charge is 2.32. The second-order valence-corrected chi connectivity index (χ2v) is 12.0. The number of ether oxygens (including phenoxy) is 1. The second kappa shape index (κ2) is 12.4. The average Bonchev–Trinajstić information content (AvgIpc) is 2.90. The quantitative estimate of drug-likeness (QED) is 0.457. The number of urea groups is 1. The third-order valence-electron chi connectivity index (χ3n) is 6.65. The first kappa shape index (κ1) is 31.2. The molecule has 3 atom stereocenters. The highest BCUT2D eigenvalue weighted by Crippen LogP contribution is 2.31. The van der Waals surface area contributed by atoms with Crippen LogP contribution in [0.3, 0.4) is 0 Å². The van der Waals surface area contributed by atoms with Crippen molar-refractivity contribution < 1.29 is 41.0 Å². The highest BCUT2D eigenvalue weighted by atomic mass is 32.2. The Bertz CT molecular complexity index is 1320. The van der Waals surface area contributed by atoms with Crippen molar-refractivity contribution in [1.29, 1.82) is 0 Å². The minimum Gasteiger partial charge on any atom is -0.488 e. The predicted octanol–water partition coefficient (Wildman–Crippen LogP) is 3.39. The fourth-order valence-electron chi connectivity index (χ4n) is 4.15. The van der Waals surface area contributed by atoms with E-state index in [9.17, 15) is 36.3 Å². The van der Waals surface area contributed by atoms with Gasteiger partial charge in [0.2, 0.25) is 15.9 Å². The van der Waals surface area contributed by atoms with Crippen molar-refractivity contribution in [3.8, 4) is 5.75 Å². The summed E-state index contributed by atoms with van der Waals surface area (Å²) >= 11 is 0. The molecule has 2 aromatic carbocycles. The van der Waals surface area contributed by atoms with E-state index in [1.807, 2.05) is 6.92 Å². The number of sulfonamides is 1. The number of carbonyl (C=O) groups is 2. The van der Waals surface area contributed by atoms with Crippen LogP contribution < -0.4 is 15.4 Å². The Morgan fingerprint density at radius 2 is 1.77 bits per heavy atom. The standard InChI is InChI=1S/C26H33F3N4O6S/c1-16-13-33(17(2)15-34)24(35)12-18-11-21(9-10-22(18)39-23(16)14-32(3)40(4,37)38)31-25(36)30-20-7-5-19(6-8-20)26(27,28)29/h5-11,16-17,23,34H,12-15H2,1-4H3,(H2,30,31,36)/t16-,17-,23-/m0/s1. The maximum absolute atomic E-state index is 13.3. The molecule has 3 amide bonds. The number of amides is 3. The molecule has 220 valence electrons. The van der Waals surface area contributed by atoms with Crippen molar-refractivity contribution in [2.24, 2.45) is 5.92 Å². The van der Waals surface area contributed by atoms with Crippen molar-refractivity contribution >= 4 is 33.3 Å². The van der Waals surface area contributed by atoms with Crippen LogP contribution in [0, 0.1) is 5.92 Å². The Morgan fingerprint density at radius 1 is 1.18 bits per heavy atom. The number of rotatable bonds is 7. The van der Waals surface area contributed by atoms with Crippen molar-refractivity contribution in [2.75, 3.05) is 43.6 Å². The van der Waals surface area contributed by atoms with Crippen LogP contribution in [0.5, 0.6) is 5.75 Å². The number of nitrogens with one attached hydrogen (secondary N) is 2. The molecule has 1 heterocycles. The summed E-state index contributed by atoms with van der Waals surface area (Å²) in [7, 11) is -2.08. The van der Waals surface area contributed by atoms with Crippen LogP contribution in [0.2, 0.25) is 0 Å². The van der Waals surface area contributed by atoms with Gasteiger partial charge in [-0.15, -0.1) is 0 Å². The van der Waals surface area contributed by atoms with E-state index < -0.39 is 39.9 Å². The molecule has 0 saturated heterocycles. The number of alkyl halides is 3. The van der Waals surface area contributed by atoms with Gasteiger partial charge in [0.05, 0.1) is 37.4 Å². The van der Waals surface area contributed by atoms with Crippen molar-refractivity contribution in [3.05, 3.63) is 53.6 Å². The van der Waals surface area contributed by atoms with Crippen molar-refractivity contribution in [2.45, 2.75) is 38.6 Å². The number of halogens is 3. The number of nitrogens with zero attached hydrogens (tertiary/aromatic N) is 2. The zero-order valence-electron chi connectivity index (χ0n) is 22.5. The lowest BCUT2D eigenvalue weighted by Crippen LogP contribution is -2.48. The molecule has 0 bridgehead atoms. The number of hydrogen-bond donors (Lipinski definition) is 3. The van der Waals surface area contributed by atoms with E-state index in [1.54, 1.807) is 13.0 Å². The molecule has 0 unspecified atom stereocenters. The topological polar surface area (TPSA) is 128 Å². The number of fused-ring (bicyclic) bond motifs is 1. The third kappa shape index (κ3) is 8.08. The molecular weight excluding hydrogens is 553 g/mol. The first-order chi connectivity index (χ1) is 18.6. The van der Waals surface area contributed by atoms with Gasteiger partial charge in [-0.05, 0) is 49.4 Å². The van der Waals surface area contributed by atoms with Gasteiger partial charge in [0.15, 0.2) is 0 Å². The zero-order valence-corrected chi connectivity index (χ0v) is 23.3. The maximum Gasteiger partial charge on any atom is 0.416 e. The molecule has 3 rings (SSSR count). The summed E-state index contributed by atoms with van der Waals surface area (Å²) < 4.78 is 69.9. The Hall–Kier alpha value is -3.36. The molecule has 3 N–H and O–H groups in total. The molecule has 0 radical (unpaired) electrons. The summed E-state index contributed by atoms with van der Waals surface area (Å²) in [6.07, 6.45) is -4.17. The molecule has 0 spiro atoms. The Labute approximate surface area is 231 Å². The Morgan fingerprint density at radius 3 is 2.35 bits per heavy atom. The summed E-state index contributed by atoms with van der Waals surface area (Å²) in [5.74, 6) is -0.263. The van der Waals surface area contributed by atoms with Gasteiger partial charge in [-0.2, -0.15) is 13.2 Å². The summed E-state index contributed by atoms with van der Waals surface area (Å²) in [6.45, 7) is 3.50. The van der Waals surface area contributed by atoms with Crippen LogP contribution in [0.15, 0.2) is 42.5 Å². The molecule has 1 aliphatic rings. The molecule has 40 heavy (non-hydrogen) atoms. The van der Waals surface area contributed by atoms with Crippen molar-refractivity contribution in [1.82, 2.24) is 9.21 Å². The molecule has 0 fully saturated rings. The van der Waals surface area contributed by atoms with E-state index in [4.69, 9.17) is 4.74 Å². The highest BCUT2D eigenvalue weighted by molar-refractivity contribution is 7.88. The number of likely N-dealkylation sites (N-methyl/N-ethyl adjacent to an activating group) is 1. The molecule has 10 nitrogen and oxygen atoms in total. The molecule has 1 aliphatic heterocycles. The Kier molecular flexibility index (Phi) is 9.69. The maximum atomic E-state index is 13.3. The number of benzene rings is 2. The van der Waals surface area contributed by atoms with Crippen LogP contribution in [0.1, 0.15) is 25.0 Å². The van der Waals surface area contributed by atoms with Gasteiger partial charge >= 0.3 is 12.2 Å². The van der Waals surface area contributed by atoms with Gasteiger partial charge in [-0.3, -0.25) is 4.79 Å². The van der Waals surface area contributed by atoms with Gasteiger partial charge < -0.3 is 25.4 Å². The summed E-state index contributed by atoms with van der Waals surface area (Å²) in [4.78, 5) is 27.3. The summed E-state index contributed by atoms with van der Waals surface area (Å²) in [5.41, 5.74) is 0.0137. The first-order valence-corrected chi connectivity index (χ1v) is 14.3. The lowest BCUT2D eigenvalue weighted by molar-refractivity contribution is -0.137. The fraction of sp³-hybridized carbons (Fsp3) is 0.462. The molecule has 0 saturated carbocycles. The Balaban J connectivity index is 1.86. The smallest absolute Gasteiger partial charge is 0.416 e. The monoisotopic (exact) mass is 586 g/mol. The van der Waals surface area contributed by atoms with Crippen LogP contribution in [-0.4, -0.2) is 79.8 Å². The molecular formula is C26H33F3N4O6S. The van der Waals surface area contributed by atoms with Gasteiger partial charge in [-0.25, -0.2) is 17.5 Å². The zero-order chi connectivity index (χ0) is 29.8. The van der Waals surface area contributed by atoms with Crippen LogP contribution in [0.25, 0.3) is 0 Å². The number of aliphatic hydroxyl groups is 1. The van der Waals surface area contributed by atoms with Crippen molar-refractivity contribution in [3.63, 3.8) is 0 Å². The van der Waals surface area contributed by atoms with E-state index >= 15 is 0 Å². The number of hydrogen-bond acceptors (Lipinski definition) is 6. The summed E-state index contributed by atoms with van der Waals surface area (Å²) in [6, 6.07) is 7.37. The normalized spacial score (nSPS) is 19.1. The largest absolute Gasteiger partial charge is 0.488 e. The van der Waals surface area contributed by atoms with E-state index in [0.717, 1.165) is 34.8 Å². The predicted molar refractivity (Wildman–Crippen MR) is 144 cm³/mol. The van der Waals surface area contributed by atoms with Crippen LogP contribution >= 0.6 is 0 Å². The van der Waals surface area contributed by atoms with Gasteiger partial charge in [0.1, 0.15) is 11.9 Å². The molecule has 0 aliphatic carbocycles. The van der Waals surface area contributed by atoms with E-state index in [2.05, 4.69) is 10.6 Å². The third-order valence-corrected chi connectivity index (χ3v) is 7.93. The SMILES string of the molecule is C[C@H]1CN([C@@H](C)CO)C(=O)Cc2cc(NC(=O)Nc3ccc(C(F)(F)F)cc3)ccc2O[C@H]1CN(C)S(C)(=O)=O. The number of aliphatic hydroxyl groups excluding tert-OH is 1. The number of anilines is 2. The van der Waals surface area contributed by atoms with Gasteiger partial charge in [-0.1, -0.05) is 6.92 Å².